The summed E-state index contributed by atoms with van der Waals surface area (Å²) in [4.78, 5) is 2.55. The molecule has 4 aliphatic rings. The fourth-order valence-electron chi connectivity index (χ4n) is 5.21. The van der Waals surface area contributed by atoms with Crippen molar-refractivity contribution in [3.05, 3.63) is 23.3 Å². The molecule has 0 aromatic heterocycles. The van der Waals surface area contributed by atoms with Crippen molar-refractivity contribution in [1.29, 1.82) is 0 Å². The van der Waals surface area contributed by atoms with E-state index in [2.05, 4.69) is 17.0 Å². The molecule has 7 heteroatoms. The van der Waals surface area contributed by atoms with Gasteiger partial charge in [0, 0.05) is 31.7 Å². The molecule has 0 aliphatic carbocycles. The summed E-state index contributed by atoms with van der Waals surface area (Å²) in [5.74, 6) is 2.12. The van der Waals surface area contributed by atoms with Gasteiger partial charge in [-0.2, -0.15) is 4.31 Å². The Morgan fingerprint density at radius 1 is 1.16 bits per heavy atom. The van der Waals surface area contributed by atoms with Gasteiger partial charge < -0.3 is 9.47 Å². The van der Waals surface area contributed by atoms with E-state index in [1.165, 1.54) is 17.4 Å². The third kappa shape index (κ3) is 2.55. The molecule has 25 heavy (non-hydrogen) atoms. The third-order valence-corrected chi connectivity index (χ3v) is 7.64. The van der Waals surface area contributed by atoms with E-state index in [0.717, 1.165) is 50.3 Å². The highest BCUT2D eigenvalue weighted by atomic mass is 32.2. The van der Waals surface area contributed by atoms with E-state index in [0.29, 0.717) is 19.3 Å². The Balaban J connectivity index is 1.51. The van der Waals surface area contributed by atoms with Gasteiger partial charge in [-0.05, 0) is 54.9 Å². The Labute approximate surface area is 148 Å². The van der Waals surface area contributed by atoms with Gasteiger partial charge in [0.1, 0.15) is 0 Å². The van der Waals surface area contributed by atoms with Crippen LogP contribution < -0.4 is 9.47 Å². The summed E-state index contributed by atoms with van der Waals surface area (Å²) in [5.41, 5.74) is 2.62. The second kappa shape index (κ2) is 5.59. The molecule has 0 radical (unpaired) electrons. The number of benzene rings is 1. The van der Waals surface area contributed by atoms with Crippen LogP contribution in [0.2, 0.25) is 0 Å². The molecule has 0 N–H and O–H groups in total. The number of sulfonamides is 1. The SMILES string of the molecule is CS(=O)(=O)N1CCC[C@@H]2CN3CCc4cc5c(cc4[C@@H]3C[C@H]21)OCO5. The number of hydrogen-bond donors (Lipinski definition) is 0. The summed E-state index contributed by atoms with van der Waals surface area (Å²) in [6.45, 7) is 2.99. The number of fused-ring (bicyclic) bond motifs is 5. The quantitative estimate of drug-likeness (QED) is 0.760. The molecule has 6 nitrogen and oxygen atoms in total. The maximum absolute atomic E-state index is 12.3. The highest BCUT2D eigenvalue weighted by molar-refractivity contribution is 7.88. The first-order chi connectivity index (χ1) is 12.0. The van der Waals surface area contributed by atoms with Gasteiger partial charge in [-0.1, -0.05) is 0 Å². The molecule has 1 aromatic rings. The van der Waals surface area contributed by atoms with Crippen LogP contribution in [0.5, 0.6) is 11.5 Å². The first kappa shape index (κ1) is 15.9. The topological polar surface area (TPSA) is 59.1 Å². The monoisotopic (exact) mass is 364 g/mol. The maximum Gasteiger partial charge on any atom is 0.231 e. The molecule has 1 aromatic carbocycles. The van der Waals surface area contributed by atoms with Crippen LogP contribution in [0.25, 0.3) is 0 Å². The van der Waals surface area contributed by atoms with Crippen LogP contribution in [0.15, 0.2) is 12.1 Å². The zero-order valence-electron chi connectivity index (χ0n) is 14.5. The Kier molecular flexibility index (Phi) is 3.56. The van der Waals surface area contributed by atoms with Gasteiger partial charge in [0.15, 0.2) is 11.5 Å². The number of ether oxygens (including phenoxy) is 2. The lowest BCUT2D eigenvalue weighted by atomic mass is 9.77. The predicted octanol–water partition coefficient (Wildman–Crippen LogP) is 1.76. The van der Waals surface area contributed by atoms with Crippen molar-refractivity contribution in [1.82, 2.24) is 9.21 Å². The van der Waals surface area contributed by atoms with Gasteiger partial charge in [0.2, 0.25) is 16.8 Å². The molecule has 0 amide bonds. The van der Waals surface area contributed by atoms with Crippen molar-refractivity contribution >= 4 is 10.0 Å². The molecular weight excluding hydrogens is 340 g/mol. The van der Waals surface area contributed by atoms with E-state index in [1.54, 1.807) is 4.31 Å². The largest absolute Gasteiger partial charge is 0.454 e. The summed E-state index contributed by atoms with van der Waals surface area (Å²) in [6.07, 6.45) is 5.37. The molecular formula is C18H24N2O4S. The van der Waals surface area contributed by atoms with Crippen molar-refractivity contribution in [2.75, 3.05) is 32.7 Å². The van der Waals surface area contributed by atoms with Crippen LogP contribution in [0.3, 0.4) is 0 Å². The molecule has 0 unspecified atom stereocenters. The summed E-state index contributed by atoms with van der Waals surface area (Å²) in [5, 5.41) is 0. The molecule has 2 fully saturated rings. The number of rotatable bonds is 1. The maximum atomic E-state index is 12.3. The lowest BCUT2D eigenvalue weighted by Gasteiger charge is -2.51. The van der Waals surface area contributed by atoms with Gasteiger partial charge >= 0.3 is 0 Å². The molecule has 0 bridgehead atoms. The van der Waals surface area contributed by atoms with Crippen molar-refractivity contribution in [2.45, 2.75) is 37.8 Å². The molecule has 0 saturated carbocycles. The summed E-state index contributed by atoms with van der Waals surface area (Å²) in [7, 11) is -3.15. The number of hydrogen-bond acceptors (Lipinski definition) is 5. The lowest BCUT2D eigenvalue weighted by Crippen LogP contribution is -2.57. The number of piperidine rings is 2. The van der Waals surface area contributed by atoms with E-state index < -0.39 is 10.0 Å². The van der Waals surface area contributed by atoms with Crippen molar-refractivity contribution < 1.29 is 17.9 Å². The molecule has 2 saturated heterocycles. The van der Waals surface area contributed by atoms with E-state index in [1.807, 2.05) is 0 Å². The third-order valence-electron chi connectivity index (χ3n) is 6.33. The van der Waals surface area contributed by atoms with Gasteiger partial charge in [0.25, 0.3) is 0 Å². The van der Waals surface area contributed by atoms with Crippen molar-refractivity contribution in [3.8, 4) is 11.5 Å². The average Bonchev–Trinajstić information content (AvgIpc) is 3.04. The van der Waals surface area contributed by atoms with Crippen LogP contribution >= 0.6 is 0 Å². The van der Waals surface area contributed by atoms with Gasteiger partial charge in [0.05, 0.1) is 6.26 Å². The van der Waals surface area contributed by atoms with E-state index in [9.17, 15) is 8.42 Å². The van der Waals surface area contributed by atoms with E-state index >= 15 is 0 Å². The fraction of sp³-hybridized carbons (Fsp3) is 0.667. The van der Waals surface area contributed by atoms with E-state index in [4.69, 9.17) is 9.47 Å². The van der Waals surface area contributed by atoms with Crippen LogP contribution in [-0.2, 0) is 16.4 Å². The Bertz CT molecular complexity index is 810. The zero-order chi connectivity index (χ0) is 17.2. The van der Waals surface area contributed by atoms with Gasteiger partial charge in [-0.25, -0.2) is 8.42 Å². The average molecular weight is 364 g/mol. The summed E-state index contributed by atoms with van der Waals surface area (Å²) < 4.78 is 37.4. The lowest BCUT2D eigenvalue weighted by molar-refractivity contribution is 0.0222. The number of nitrogens with zero attached hydrogens (tertiary/aromatic N) is 2. The van der Waals surface area contributed by atoms with Gasteiger partial charge in [-0.3, -0.25) is 4.90 Å². The zero-order valence-corrected chi connectivity index (χ0v) is 15.3. The van der Waals surface area contributed by atoms with Crippen LogP contribution in [0, 0.1) is 5.92 Å². The van der Waals surface area contributed by atoms with E-state index in [-0.39, 0.29) is 12.1 Å². The highest BCUT2D eigenvalue weighted by Gasteiger charge is 2.45. The smallest absolute Gasteiger partial charge is 0.231 e. The Morgan fingerprint density at radius 3 is 2.76 bits per heavy atom. The second-order valence-electron chi connectivity index (χ2n) is 7.74. The molecule has 4 aliphatic heterocycles. The molecule has 3 atom stereocenters. The highest BCUT2D eigenvalue weighted by Crippen LogP contribution is 2.46. The standard InChI is InChI=1S/C18H24N2O4S/c1-25(21,22)20-5-2-3-13-10-19-6-4-12-7-17-18(24-11-23-17)8-14(12)16(19)9-15(13)20/h7-8,13,15-16H,2-6,9-11H2,1H3/t13-,15-,16+/m1/s1. The van der Waals surface area contributed by atoms with Crippen molar-refractivity contribution in [3.63, 3.8) is 0 Å². The second-order valence-corrected chi connectivity index (χ2v) is 9.68. The predicted molar refractivity (Wildman–Crippen MR) is 93.3 cm³/mol. The fourth-order valence-corrected chi connectivity index (χ4v) is 6.42. The minimum absolute atomic E-state index is 0.126. The minimum Gasteiger partial charge on any atom is -0.454 e. The minimum atomic E-state index is -3.15. The first-order valence-corrected chi connectivity index (χ1v) is 11.0. The molecule has 5 rings (SSSR count). The molecule has 136 valence electrons. The Hall–Kier alpha value is -1.31. The van der Waals surface area contributed by atoms with Crippen LogP contribution in [-0.4, -0.2) is 56.3 Å². The van der Waals surface area contributed by atoms with Crippen molar-refractivity contribution in [2.24, 2.45) is 5.92 Å². The molecule has 0 spiro atoms. The normalized spacial score (nSPS) is 32.0. The van der Waals surface area contributed by atoms with Gasteiger partial charge in [-0.15, -0.1) is 0 Å². The van der Waals surface area contributed by atoms with Crippen LogP contribution in [0.4, 0.5) is 0 Å². The summed E-state index contributed by atoms with van der Waals surface area (Å²) >= 11 is 0. The first-order valence-electron chi connectivity index (χ1n) is 9.14. The Morgan fingerprint density at radius 2 is 1.96 bits per heavy atom. The van der Waals surface area contributed by atoms with Crippen LogP contribution in [0.1, 0.15) is 36.4 Å². The molecule has 4 heterocycles. The summed E-state index contributed by atoms with van der Waals surface area (Å²) in [6, 6.07) is 4.65.